The molecule has 2 aromatic carbocycles. The maximum Gasteiger partial charge on any atom is 0.258 e. The number of fused-ring (bicyclic) bond motifs is 2. The molecule has 5 rings (SSSR count). The third kappa shape index (κ3) is 2.58. The smallest absolute Gasteiger partial charge is 0.258 e. The van der Waals surface area contributed by atoms with Crippen LogP contribution in [0.1, 0.15) is 11.1 Å². The molecule has 1 amide bonds. The zero-order valence-corrected chi connectivity index (χ0v) is 13.4. The van der Waals surface area contributed by atoms with Gasteiger partial charge in [0.1, 0.15) is 18.5 Å². The highest BCUT2D eigenvalue weighted by molar-refractivity contribution is 6.33. The van der Waals surface area contributed by atoms with Gasteiger partial charge in [-0.2, -0.15) is 0 Å². The van der Waals surface area contributed by atoms with Gasteiger partial charge in [-0.3, -0.25) is 4.79 Å². The average molecular weight is 332 g/mol. The maximum atomic E-state index is 12.4. The van der Waals surface area contributed by atoms with Gasteiger partial charge in [-0.05, 0) is 30.3 Å². The lowest BCUT2D eigenvalue weighted by Gasteiger charge is -2.18. The van der Waals surface area contributed by atoms with E-state index in [0.29, 0.717) is 12.2 Å². The number of ether oxygens (including phenoxy) is 2. The minimum atomic E-state index is -0.0822. The molecule has 1 atom stereocenters. The van der Waals surface area contributed by atoms with E-state index >= 15 is 0 Å². The summed E-state index contributed by atoms with van der Waals surface area (Å²) in [5.41, 5.74) is 5.23. The van der Waals surface area contributed by atoms with Gasteiger partial charge in [-0.15, -0.1) is 0 Å². The fourth-order valence-electron chi connectivity index (χ4n) is 3.13. The molecule has 3 aliphatic heterocycles. The quantitative estimate of drug-likeness (QED) is 0.669. The summed E-state index contributed by atoms with van der Waals surface area (Å²) in [5.74, 6) is 0.738. The van der Waals surface area contributed by atoms with Crippen LogP contribution >= 0.6 is 0 Å². The molecule has 1 saturated heterocycles. The van der Waals surface area contributed by atoms with Gasteiger partial charge in [0.2, 0.25) is 0 Å². The third-order valence-electron chi connectivity index (χ3n) is 4.50. The van der Waals surface area contributed by atoms with Crippen LogP contribution in [0.4, 0.5) is 11.4 Å². The zero-order chi connectivity index (χ0) is 16.8. The van der Waals surface area contributed by atoms with E-state index < -0.39 is 0 Å². The first-order valence-corrected chi connectivity index (χ1v) is 8.26. The van der Waals surface area contributed by atoms with Gasteiger partial charge in [-0.25, -0.2) is 0 Å². The van der Waals surface area contributed by atoms with Crippen molar-refractivity contribution >= 4 is 28.9 Å². The van der Waals surface area contributed by atoms with Crippen LogP contribution in [0.25, 0.3) is 11.6 Å². The number of carbonyl (C=O) groups is 1. The second-order valence-electron chi connectivity index (χ2n) is 6.26. The number of hydrogen-bond donors (Lipinski definition) is 2. The first kappa shape index (κ1) is 14.3. The van der Waals surface area contributed by atoms with Crippen molar-refractivity contribution in [3.63, 3.8) is 0 Å². The molecule has 1 unspecified atom stereocenters. The van der Waals surface area contributed by atoms with E-state index in [1.165, 1.54) is 0 Å². The summed E-state index contributed by atoms with van der Waals surface area (Å²) in [7, 11) is 0. The van der Waals surface area contributed by atoms with Gasteiger partial charge in [0.15, 0.2) is 0 Å². The Morgan fingerprint density at radius 2 is 1.96 bits per heavy atom. The molecule has 0 spiro atoms. The Labute approximate surface area is 144 Å². The summed E-state index contributed by atoms with van der Waals surface area (Å²) in [6.07, 6.45) is 4.18. The van der Waals surface area contributed by atoms with E-state index in [4.69, 9.17) is 9.47 Å². The molecule has 1 fully saturated rings. The van der Waals surface area contributed by atoms with Crippen molar-refractivity contribution in [2.45, 2.75) is 6.10 Å². The van der Waals surface area contributed by atoms with Gasteiger partial charge in [0.05, 0.1) is 17.9 Å². The topological polar surface area (TPSA) is 62.9 Å². The molecule has 3 aliphatic rings. The molecule has 25 heavy (non-hydrogen) atoms. The molecule has 0 radical (unpaired) electrons. The van der Waals surface area contributed by atoms with Crippen LogP contribution in [-0.4, -0.2) is 25.2 Å². The number of anilines is 2. The first-order valence-electron chi connectivity index (χ1n) is 8.26. The first-order chi connectivity index (χ1) is 12.3. The number of amides is 1. The van der Waals surface area contributed by atoms with Crippen molar-refractivity contribution in [1.29, 1.82) is 0 Å². The molecular formula is C20H16N2O3. The molecule has 5 heteroatoms. The summed E-state index contributed by atoms with van der Waals surface area (Å²) < 4.78 is 10.9. The summed E-state index contributed by atoms with van der Waals surface area (Å²) in [5, 5.41) is 6.27. The van der Waals surface area contributed by atoms with E-state index in [1.807, 2.05) is 54.6 Å². The van der Waals surface area contributed by atoms with E-state index in [0.717, 1.165) is 40.6 Å². The Balaban J connectivity index is 1.46. The van der Waals surface area contributed by atoms with Gasteiger partial charge in [0, 0.05) is 22.5 Å². The fraction of sp³-hybridized carbons (Fsp3) is 0.150. The Morgan fingerprint density at radius 1 is 1.08 bits per heavy atom. The highest BCUT2D eigenvalue weighted by Gasteiger charge is 2.27. The van der Waals surface area contributed by atoms with E-state index in [-0.39, 0.29) is 12.0 Å². The van der Waals surface area contributed by atoms with Gasteiger partial charge in [0.25, 0.3) is 5.91 Å². The molecule has 0 bridgehead atoms. The lowest BCUT2D eigenvalue weighted by atomic mass is 10.0. The highest BCUT2D eigenvalue weighted by atomic mass is 16.6. The average Bonchev–Trinajstić information content (AvgIpc) is 3.40. The number of rotatable bonds is 3. The normalized spacial score (nSPS) is 22.7. The van der Waals surface area contributed by atoms with Gasteiger partial charge >= 0.3 is 0 Å². The van der Waals surface area contributed by atoms with Crippen molar-refractivity contribution in [3.8, 4) is 5.75 Å². The number of nitrogens with one attached hydrogen (secondary N) is 2. The van der Waals surface area contributed by atoms with Crippen LogP contribution in [0, 0.1) is 0 Å². The minimum Gasteiger partial charge on any atom is -0.491 e. The lowest BCUT2D eigenvalue weighted by Crippen LogP contribution is -2.11. The van der Waals surface area contributed by atoms with Crippen LogP contribution in [-0.2, 0) is 9.53 Å². The molecule has 2 N–H and O–H groups in total. The lowest BCUT2D eigenvalue weighted by molar-refractivity contribution is -0.110. The third-order valence-corrected chi connectivity index (χ3v) is 4.50. The predicted molar refractivity (Wildman–Crippen MR) is 96.3 cm³/mol. The zero-order valence-electron chi connectivity index (χ0n) is 13.4. The molecule has 3 heterocycles. The van der Waals surface area contributed by atoms with Crippen molar-refractivity contribution in [2.75, 3.05) is 23.8 Å². The fourth-order valence-corrected chi connectivity index (χ4v) is 3.13. The summed E-state index contributed by atoms with van der Waals surface area (Å²) in [6.45, 7) is 1.37. The summed E-state index contributed by atoms with van der Waals surface area (Å²) in [6, 6.07) is 13.6. The SMILES string of the molecule is O=C1Nc2ccccc2/C1=C1\C=Cc2cc(OCC3CO3)ccc2N1. The number of hydrogen-bond acceptors (Lipinski definition) is 4. The van der Waals surface area contributed by atoms with Gasteiger partial charge in [-0.1, -0.05) is 24.3 Å². The van der Waals surface area contributed by atoms with E-state index in [1.54, 1.807) is 0 Å². The monoisotopic (exact) mass is 332 g/mol. The van der Waals surface area contributed by atoms with Crippen LogP contribution < -0.4 is 15.4 Å². The van der Waals surface area contributed by atoms with Crippen molar-refractivity contribution in [2.24, 2.45) is 0 Å². The van der Waals surface area contributed by atoms with Crippen molar-refractivity contribution < 1.29 is 14.3 Å². The second kappa shape index (κ2) is 5.50. The molecule has 5 nitrogen and oxygen atoms in total. The largest absolute Gasteiger partial charge is 0.491 e. The predicted octanol–water partition coefficient (Wildman–Crippen LogP) is 3.27. The summed E-state index contributed by atoms with van der Waals surface area (Å²) in [4.78, 5) is 12.4. The number of para-hydroxylation sites is 1. The van der Waals surface area contributed by atoms with Crippen LogP contribution in [0.2, 0.25) is 0 Å². The second-order valence-corrected chi connectivity index (χ2v) is 6.26. The highest BCUT2D eigenvalue weighted by Crippen LogP contribution is 2.37. The molecule has 0 aromatic heterocycles. The number of epoxide rings is 1. The Bertz CT molecular complexity index is 942. The molecule has 124 valence electrons. The van der Waals surface area contributed by atoms with E-state index in [9.17, 15) is 4.79 Å². The molecular weight excluding hydrogens is 316 g/mol. The molecule has 2 aromatic rings. The molecule has 0 aliphatic carbocycles. The van der Waals surface area contributed by atoms with Crippen LogP contribution in [0.15, 0.2) is 54.2 Å². The Hall–Kier alpha value is -3.05. The van der Waals surface area contributed by atoms with Crippen LogP contribution in [0.3, 0.4) is 0 Å². The summed E-state index contributed by atoms with van der Waals surface area (Å²) >= 11 is 0. The van der Waals surface area contributed by atoms with E-state index in [2.05, 4.69) is 10.6 Å². The number of allylic oxidation sites excluding steroid dienone is 1. The Morgan fingerprint density at radius 3 is 2.84 bits per heavy atom. The number of carbonyl (C=O) groups excluding carboxylic acids is 1. The maximum absolute atomic E-state index is 12.4. The minimum absolute atomic E-state index is 0.0822. The number of benzene rings is 2. The molecule has 0 saturated carbocycles. The van der Waals surface area contributed by atoms with Crippen molar-refractivity contribution in [3.05, 3.63) is 65.4 Å². The van der Waals surface area contributed by atoms with Crippen LogP contribution in [0.5, 0.6) is 5.75 Å². The Kier molecular flexibility index (Phi) is 3.15. The van der Waals surface area contributed by atoms with Crippen molar-refractivity contribution in [1.82, 2.24) is 0 Å². The van der Waals surface area contributed by atoms with Gasteiger partial charge < -0.3 is 20.1 Å². The standard InChI is InChI=1S/C20H16N2O3/c23-20-19(15-3-1-2-4-17(15)22-20)18-7-5-12-9-13(6-8-16(12)21-18)24-10-14-11-25-14/h1-9,14,21H,10-11H2,(H,22,23)/b19-18-.